The first-order chi connectivity index (χ1) is 10.4. The van der Waals surface area contributed by atoms with Gasteiger partial charge in [-0.25, -0.2) is 9.59 Å². The van der Waals surface area contributed by atoms with E-state index in [0.29, 0.717) is 0 Å². The minimum absolute atomic E-state index is 0.0244. The maximum absolute atomic E-state index is 12.1. The summed E-state index contributed by atoms with van der Waals surface area (Å²) in [6.07, 6.45) is 0. The van der Waals surface area contributed by atoms with Gasteiger partial charge < -0.3 is 14.9 Å². The molecule has 2 N–H and O–H groups in total. The number of para-hydroxylation sites is 2. The van der Waals surface area contributed by atoms with E-state index in [9.17, 15) is 19.5 Å². The first-order valence-electron chi connectivity index (χ1n) is 6.29. The van der Waals surface area contributed by atoms with Crippen LogP contribution in [0.1, 0.15) is 38.0 Å². The number of ketones is 1. The fourth-order valence-electron chi connectivity index (χ4n) is 1.89. The molecule has 0 saturated heterocycles. The number of carboxylic acids is 1. The van der Waals surface area contributed by atoms with E-state index in [-0.39, 0.29) is 28.2 Å². The number of phenols is 1. The third kappa shape index (κ3) is 2.95. The van der Waals surface area contributed by atoms with Gasteiger partial charge in [-0.3, -0.25) is 4.79 Å². The van der Waals surface area contributed by atoms with Crippen molar-refractivity contribution in [2.75, 3.05) is 0 Å². The van der Waals surface area contributed by atoms with Crippen molar-refractivity contribution in [2.24, 2.45) is 0 Å². The number of phenolic OH excluding ortho intramolecular Hbond substituents is 1. The summed E-state index contributed by atoms with van der Waals surface area (Å²) < 4.78 is 5.07. The SMILES string of the molecule is CC(=O)c1cccc(C(=O)O)c1OC(=O)c1ccccc1O. The predicted molar refractivity (Wildman–Crippen MR) is 76.5 cm³/mol. The number of rotatable bonds is 4. The highest BCUT2D eigenvalue weighted by Gasteiger charge is 2.22. The topological polar surface area (TPSA) is 101 Å². The molecule has 2 aromatic carbocycles. The minimum atomic E-state index is -1.33. The maximum Gasteiger partial charge on any atom is 0.347 e. The summed E-state index contributed by atoms with van der Waals surface area (Å²) in [6, 6.07) is 9.64. The van der Waals surface area contributed by atoms with Crippen LogP contribution >= 0.6 is 0 Å². The summed E-state index contributed by atoms with van der Waals surface area (Å²) in [7, 11) is 0. The van der Waals surface area contributed by atoms with Gasteiger partial charge in [-0.2, -0.15) is 0 Å². The van der Waals surface area contributed by atoms with Crippen molar-refractivity contribution < 1.29 is 29.3 Å². The van der Waals surface area contributed by atoms with E-state index in [0.717, 1.165) is 0 Å². The van der Waals surface area contributed by atoms with E-state index in [1.165, 1.54) is 49.4 Å². The molecule has 0 aliphatic heterocycles. The normalized spacial score (nSPS) is 10.0. The zero-order chi connectivity index (χ0) is 16.3. The number of carbonyl (C=O) groups excluding carboxylic acids is 2. The van der Waals surface area contributed by atoms with Gasteiger partial charge in [0, 0.05) is 0 Å². The smallest absolute Gasteiger partial charge is 0.347 e. The van der Waals surface area contributed by atoms with Gasteiger partial charge in [0.25, 0.3) is 0 Å². The fourth-order valence-corrected chi connectivity index (χ4v) is 1.89. The monoisotopic (exact) mass is 300 g/mol. The van der Waals surface area contributed by atoms with Crippen molar-refractivity contribution in [3.05, 3.63) is 59.2 Å². The van der Waals surface area contributed by atoms with Gasteiger partial charge in [0.2, 0.25) is 0 Å². The number of ether oxygens (including phenoxy) is 1. The lowest BCUT2D eigenvalue weighted by atomic mass is 10.1. The second kappa shape index (κ2) is 6.09. The average Bonchev–Trinajstić information content (AvgIpc) is 2.47. The van der Waals surface area contributed by atoms with E-state index in [4.69, 9.17) is 9.84 Å². The summed E-state index contributed by atoms with van der Waals surface area (Å²) in [5.74, 6) is -3.36. The summed E-state index contributed by atoms with van der Waals surface area (Å²) in [4.78, 5) is 34.9. The summed E-state index contributed by atoms with van der Waals surface area (Å²) in [5.41, 5.74) is -0.461. The number of carboxylic acid groups (broad SMARTS) is 1. The Bertz CT molecular complexity index is 731. The van der Waals surface area contributed by atoms with Gasteiger partial charge in [0.15, 0.2) is 11.5 Å². The molecule has 0 spiro atoms. The fraction of sp³-hybridized carbons (Fsp3) is 0.0625. The molecule has 0 bridgehead atoms. The van der Waals surface area contributed by atoms with Crippen molar-refractivity contribution in [3.8, 4) is 11.5 Å². The molecule has 0 saturated carbocycles. The highest BCUT2D eigenvalue weighted by molar-refractivity contribution is 6.04. The maximum atomic E-state index is 12.1. The standard InChI is InChI=1S/C16H12O6/c1-9(17)10-6-4-7-12(15(19)20)14(10)22-16(21)11-5-2-3-8-13(11)18/h2-8,18H,1H3,(H,19,20). The zero-order valence-electron chi connectivity index (χ0n) is 11.6. The Kier molecular flexibility index (Phi) is 4.22. The number of Topliss-reactive ketones (excluding diaryl/α,β-unsaturated/α-hetero) is 1. The van der Waals surface area contributed by atoms with E-state index < -0.39 is 17.7 Å². The molecular formula is C16H12O6. The van der Waals surface area contributed by atoms with Gasteiger partial charge in [-0.05, 0) is 31.2 Å². The van der Waals surface area contributed by atoms with E-state index in [1.54, 1.807) is 0 Å². The number of hydrogen-bond donors (Lipinski definition) is 2. The van der Waals surface area contributed by atoms with Crippen molar-refractivity contribution >= 4 is 17.7 Å². The van der Waals surface area contributed by atoms with Crippen molar-refractivity contribution in [1.82, 2.24) is 0 Å². The van der Waals surface area contributed by atoms with Crippen LogP contribution < -0.4 is 4.74 Å². The average molecular weight is 300 g/mol. The third-order valence-corrected chi connectivity index (χ3v) is 2.94. The predicted octanol–water partition coefficient (Wildman–Crippen LogP) is 2.51. The largest absolute Gasteiger partial charge is 0.507 e. The zero-order valence-corrected chi connectivity index (χ0v) is 11.6. The van der Waals surface area contributed by atoms with Gasteiger partial charge in [-0.1, -0.05) is 18.2 Å². The molecule has 0 aliphatic rings. The molecule has 0 heterocycles. The lowest BCUT2D eigenvalue weighted by Crippen LogP contribution is -2.14. The highest BCUT2D eigenvalue weighted by atomic mass is 16.5. The lowest BCUT2D eigenvalue weighted by Gasteiger charge is -2.11. The van der Waals surface area contributed by atoms with Crippen molar-refractivity contribution in [2.45, 2.75) is 6.92 Å². The molecule has 6 nitrogen and oxygen atoms in total. The number of hydrogen-bond acceptors (Lipinski definition) is 5. The Balaban J connectivity index is 2.48. The molecule has 22 heavy (non-hydrogen) atoms. The molecule has 0 radical (unpaired) electrons. The van der Waals surface area contributed by atoms with Crippen LogP contribution in [-0.2, 0) is 0 Å². The first kappa shape index (κ1) is 15.2. The van der Waals surface area contributed by atoms with Gasteiger partial charge in [0.05, 0.1) is 5.56 Å². The molecule has 0 atom stereocenters. The third-order valence-electron chi connectivity index (χ3n) is 2.94. The number of carbonyl (C=O) groups is 3. The molecular weight excluding hydrogens is 288 g/mol. The van der Waals surface area contributed by atoms with Crippen LogP contribution in [0.5, 0.6) is 11.5 Å². The van der Waals surface area contributed by atoms with Crippen LogP contribution in [0.15, 0.2) is 42.5 Å². The van der Waals surface area contributed by atoms with Crippen molar-refractivity contribution in [3.63, 3.8) is 0 Å². The Morgan fingerprint density at radius 1 is 0.909 bits per heavy atom. The van der Waals surface area contributed by atoms with Gasteiger partial charge in [0.1, 0.15) is 16.9 Å². The van der Waals surface area contributed by atoms with Gasteiger partial charge >= 0.3 is 11.9 Å². The minimum Gasteiger partial charge on any atom is -0.507 e. The molecule has 2 rings (SSSR count). The van der Waals surface area contributed by atoms with Crippen molar-refractivity contribution in [1.29, 1.82) is 0 Å². The van der Waals surface area contributed by atoms with Crippen LogP contribution in [0, 0.1) is 0 Å². The number of aromatic hydroxyl groups is 1. The van der Waals surface area contributed by atoms with Crippen LogP contribution in [0.25, 0.3) is 0 Å². The lowest BCUT2D eigenvalue weighted by molar-refractivity contribution is 0.0680. The molecule has 112 valence electrons. The van der Waals surface area contributed by atoms with Gasteiger partial charge in [-0.15, -0.1) is 0 Å². The molecule has 6 heteroatoms. The van der Waals surface area contributed by atoms with Crippen LogP contribution in [-0.4, -0.2) is 27.9 Å². The number of benzene rings is 2. The Hall–Kier alpha value is -3.15. The van der Waals surface area contributed by atoms with E-state index >= 15 is 0 Å². The molecule has 0 fully saturated rings. The molecule has 0 aliphatic carbocycles. The summed E-state index contributed by atoms with van der Waals surface area (Å²) in [6.45, 7) is 1.23. The van der Waals surface area contributed by atoms with E-state index in [2.05, 4.69) is 0 Å². The van der Waals surface area contributed by atoms with Crippen LogP contribution in [0.2, 0.25) is 0 Å². The molecule has 0 unspecified atom stereocenters. The molecule has 0 aromatic heterocycles. The highest BCUT2D eigenvalue weighted by Crippen LogP contribution is 2.27. The molecule has 2 aromatic rings. The summed E-state index contributed by atoms with van der Waals surface area (Å²) >= 11 is 0. The number of esters is 1. The quantitative estimate of drug-likeness (QED) is 0.511. The van der Waals surface area contributed by atoms with E-state index in [1.807, 2.05) is 0 Å². The Morgan fingerprint density at radius 2 is 1.50 bits per heavy atom. The second-order valence-electron chi connectivity index (χ2n) is 4.45. The van der Waals surface area contributed by atoms with Crippen LogP contribution in [0.4, 0.5) is 0 Å². The summed E-state index contributed by atoms with van der Waals surface area (Å²) in [5, 5.41) is 18.8. The Labute approximate surface area is 125 Å². The second-order valence-corrected chi connectivity index (χ2v) is 4.45. The molecule has 0 amide bonds. The number of aromatic carboxylic acids is 1. The van der Waals surface area contributed by atoms with Crippen LogP contribution in [0.3, 0.4) is 0 Å². The first-order valence-corrected chi connectivity index (χ1v) is 6.29. The Morgan fingerprint density at radius 3 is 2.09 bits per heavy atom.